The van der Waals surface area contributed by atoms with Crippen molar-refractivity contribution in [3.8, 4) is 0 Å². The van der Waals surface area contributed by atoms with Crippen molar-refractivity contribution in [3.63, 3.8) is 0 Å². The molecule has 8 nitrogen and oxygen atoms in total. The first-order chi connectivity index (χ1) is 12.9. The van der Waals surface area contributed by atoms with E-state index in [0.717, 1.165) is 6.42 Å². The van der Waals surface area contributed by atoms with Gasteiger partial charge in [0.2, 0.25) is 10.0 Å². The molecule has 0 aromatic rings. The molecule has 0 radical (unpaired) electrons. The predicted molar refractivity (Wildman–Crippen MR) is 107 cm³/mol. The number of ketones is 1. The Balaban J connectivity index is 1.72. The maximum Gasteiger partial charge on any atom is 0.282 e. The molecule has 3 fully saturated rings. The zero-order valence-corrected chi connectivity index (χ0v) is 19.0. The van der Waals surface area contributed by atoms with E-state index >= 15 is 0 Å². The average Bonchev–Trinajstić information content (AvgIpc) is 2.96. The van der Waals surface area contributed by atoms with Crippen molar-refractivity contribution >= 4 is 26.0 Å². The number of piperazine rings is 1. The number of fused-ring (bicyclic) bond motifs is 2. The van der Waals surface area contributed by atoms with Gasteiger partial charge in [0.1, 0.15) is 5.78 Å². The van der Waals surface area contributed by atoms with Crippen molar-refractivity contribution in [2.24, 2.45) is 16.7 Å². The van der Waals surface area contributed by atoms with E-state index in [9.17, 15) is 21.6 Å². The lowest BCUT2D eigenvalue weighted by molar-refractivity contribution is -0.128. The Kier molecular flexibility index (Phi) is 5.77. The van der Waals surface area contributed by atoms with Crippen molar-refractivity contribution in [1.82, 2.24) is 12.9 Å². The van der Waals surface area contributed by atoms with Crippen LogP contribution < -0.4 is 0 Å². The van der Waals surface area contributed by atoms with Gasteiger partial charge in [-0.1, -0.05) is 27.7 Å². The molecule has 2 unspecified atom stereocenters. The molecule has 162 valence electrons. The van der Waals surface area contributed by atoms with Crippen molar-refractivity contribution in [1.29, 1.82) is 0 Å². The van der Waals surface area contributed by atoms with Crippen LogP contribution in [0, 0.1) is 16.7 Å². The first-order valence-electron chi connectivity index (χ1n) is 10.2. The van der Waals surface area contributed by atoms with Crippen molar-refractivity contribution in [3.05, 3.63) is 0 Å². The second-order valence-corrected chi connectivity index (χ2v) is 12.7. The lowest BCUT2D eigenvalue weighted by atomic mass is 9.70. The Morgan fingerprint density at radius 3 is 1.96 bits per heavy atom. The maximum atomic E-state index is 13.2. The predicted octanol–water partition coefficient (Wildman–Crippen LogP) is 0.916. The highest BCUT2D eigenvalue weighted by molar-refractivity contribution is 7.89. The molecule has 2 atom stereocenters. The fraction of sp³-hybridized carbons (Fsp3) is 0.944. The van der Waals surface area contributed by atoms with Gasteiger partial charge in [-0.3, -0.25) is 4.79 Å². The quantitative estimate of drug-likeness (QED) is 0.592. The van der Waals surface area contributed by atoms with Crippen LogP contribution in [-0.2, 0) is 25.0 Å². The van der Waals surface area contributed by atoms with Gasteiger partial charge < -0.3 is 0 Å². The molecule has 1 saturated heterocycles. The van der Waals surface area contributed by atoms with Crippen LogP contribution in [0.5, 0.6) is 0 Å². The number of sulfonamides is 1. The Morgan fingerprint density at radius 1 is 1.00 bits per heavy atom. The minimum absolute atomic E-state index is 0.0834. The summed E-state index contributed by atoms with van der Waals surface area (Å²) in [5, 5.41) is 0. The highest BCUT2D eigenvalue weighted by atomic mass is 32.2. The highest BCUT2D eigenvalue weighted by Gasteiger charge is 2.65. The molecule has 0 N–H and O–H groups in total. The number of nitrogens with zero attached hydrogens (tertiary/aromatic N) is 3. The summed E-state index contributed by atoms with van der Waals surface area (Å²) in [5.74, 6) is 0.205. The van der Waals surface area contributed by atoms with E-state index in [-0.39, 0.29) is 49.0 Å². The summed E-state index contributed by atoms with van der Waals surface area (Å²) in [5.41, 5.74) is -1.09. The molecule has 1 heterocycles. The number of hydrogen-bond donors (Lipinski definition) is 0. The number of Topliss-reactive ketones (excluding diaryl/α,β-unsaturated/α-hetero) is 1. The smallest absolute Gasteiger partial charge is 0.282 e. The van der Waals surface area contributed by atoms with Crippen LogP contribution in [0.3, 0.4) is 0 Å². The number of rotatable bonds is 7. The van der Waals surface area contributed by atoms with E-state index in [4.69, 9.17) is 0 Å². The van der Waals surface area contributed by atoms with E-state index in [1.807, 2.05) is 13.8 Å². The van der Waals surface area contributed by atoms with Crippen molar-refractivity contribution in [2.75, 3.05) is 45.0 Å². The summed E-state index contributed by atoms with van der Waals surface area (Å²) in [6.45, 7) is 8.96. The molecular formula is C18H33N3O5S2. The van der Waals surface area contributed by atoms with Crippen LogP contribution in [0.2, 0.25) is 0 Å². The lowest BCUT2D eigenvalue weighted by Crippen LogP contribution is -2.56. The van der Waals surface area contributed by atoms with E-state index < -0.39 is 25.6 Å². The standard InChI is InChI=1S/C18H33N3O5S2/c1-5-19(6-2)28(25,26)21-11-9-20(10-12-21)27(23,24)14-18-8-7-15(13-16(18)22)17(18,3)4/h15H,5-14H2,1-4H3. The topological polar surface area (TPSA) is 95.1 Å². The van der Waals surface area contributed by atoms with E-state index in [1.165, 1.54) is 12.9 Å². The number of carbonyl (C=O) groups excluding carboxylic acids is 1. The zero-order valence-electron chi connectivity index (χ0n) is 17.3. The van der Waals surface area contributed by atoms with Crippen LogP contribution in [0.1, 0.15) is 47.0 Å². The first-order valence-corrected chi connectivity index (χ1v) is 13.2. The Bertz CT molecular complexity index is 827. The van der Waals surface area contributed by atoms with Gasteiger partial charge in [0.05, 0.1) is 5.75 Å². The Labute approximate surface area is 169 Å². The van der Waals surface area contributed by atoms with Gasteiger partial charge >= 0.3 is 0 Å². The zero-order chi connectivity index (χ0) is 21.0. The summed E-state index contributed by atoms with van der Waals surface area (Å²) < 4.78 is 55.7. The maximum absolute atomic E-state index is 13.2. The molecule has 0 aromatic heterocycles. The summed E-state index contributed by atoms with van der Waals surface area (Å²) in [4.78, 5) is 12.7. The molecule has 0 aromatic carbocycles. The molecule has 0 spiro atoms. The first kappa shape index (κ1) is 22.1. The molecule has 2 aliphatic carbocycles. The van der Waals surface area contributed by atoms with Gasteiger partial charge in [-0.15, -0.1) is 0 Å². The molecule has 0 amide bonds. The van der Waals surface area contributed by atoms with Crippen molar-refractivity contribution < 1.29 is 21.6 Å². The summed E-state index contributed by atoms with van der Waals surface area (Å²) in [7, 11) is -7.20. The summed E-state index contributed by atoms with van der Waals surface area (Å²) in [6, 6.07) is 0. The minimum atomic E-state index is -3.64. The summed E-state index contributed by atoms with van der Waals surface area (Å²) >= 11 is 0. The SMILES string of the molecule is CCN(CC)S(=O)(=O)N1CCN(S(=O)(=O)CC23CCC(CC2=O)C3(C)C)CC1. The lowest BCUT2D eigenvalue weighted by Gasteiger charge is -2.40. The number of hydrogen-bond acceptors (Lipinski definition) is 5. The fourth-order valence-electron chi connectivity index (χ4n) is 5.40. The van der Waals surface area contributed by atoms with Gasteiger partial charge in [-0.2, -0.15) is 21.3 Å². The minimum Gasteiger partial charge on any atom is -0.299 e. The number of carbonyl (C=O) groups is 1. The van der Waals surface area contributed by atoms with E-state index in [1.54, 1.807) is 13.8 Å². The monoisotopic (exact) mass is 435 g/mol. The van der Waals surface area contributed by atoms with Crippen LogP contribution in [-0.4, -0.2) is 80.6 Å². The molecule has 3 rings (SSSR count). The van der Waals surface area contributed by atoms with Gasteiger partial charge in [0.15, 0.2) is 0 Å². The van der Waals surface area contributed by atoms with Crippen LogP contribution >= 0.6 is 0 Å². The van der Waals surface area contributed by atoms with Gasteiger partial charge in [0, 0.05) is 51.1 Å². The van der Waals surface area contributed by atoms with Crippen molar-refractivity contribution in [2.45, 2.75) is 47.0 Å². The van der Waals surface area contributed by atoms with Crippen LogP contribution in [0.25, 0.3) is 0 Å². The summed E-state index contributed by atoms with van der Waals surface area (Å²) in [6.07, 6.45) is 2.03. The molecule has 2 bridgehead atoms. The Morgan fingerprint density at radius 2 is 1.54 bits per heavy atom. The normalized spacial score (nSPS) is 31.8. The van der Waals surface area contributed by atoms with E-state index in [0.29, 0.717) is 25.9 Å². The average molecular weight is 436 g/mol. The van der Waals surface area contributed by atoms with Crippen LogP contribution in [0.4, 0.5) is 0 Å². The molecule has 3 aliphatic rings. The molecular weight excluding hydrogens is 402 g/mol. The van der Waals surface area contributed by atoms with Gasteiger partial charge in [0.25, 0.3) is 10.2 Å². The van der Waals surface area contributed by atoms with Gasteiger partial charge in [-0.05, 0) is 24.2 Å². The van der Waals surface area contributed by atoms with Gasteiger partial charge in [-0.25, -0.2) is 8.42 Å². The van der Waals surface area contributed by atoms with Crippen LogP contribution in [0.15, 0.2) is 0 Å². The molecule has 2 saturated carbocycles. The fourth-order valence-corrected chi connectivity index (χ4v) is 9.21. The highest BCUT2D eigenvalue weighted by Crippen LogP contribution is 2.64. The second kappa shape index (κ2) is 7.30. The third kappa shape index (κ3) is 3.25. The largest absolute Gasteiger partial charge is 0.299 e. The second-order valence-electron chi connectivity index (χ2n) is 8.81. The molecule has 28 heavy (non-hydrogen) atoms. The third-order valence-corrected chi connectivity index (χ3v) is 11.7. The Hall–Kier alpha value is -0.550. The molecule has 1 aliphatic heterocycles. The van der Waals surface area contributed by atoms with E-state index in [2.05, 4.69) is 0 Å². The third-order valence-electron chi connectivity index (χ3n) is 7.52. The molecule has 10 heteroatoms.